The highest BCUT2D eigenvalue weighted by atomic mass is 32.2. The molecule has 1 unspecified atom stereocenters. The molecule has 0 radical (unpaired) electrons. The smallest absolute Gasteiger partial charge is 0.345 e. The molecule has 2 aromatic rings. The normalized spacial score (nSPS) is 13.3. The van der Waals surface area contributed by atoms with Crippen LogP contribution in [-0.4, -0.2) is 29.7 Å². The SMILES string of the molecule is CC(NS(=O)(=O)c1ccc(C(=O)O)s1)c1cn[nH]c1. The Kier molecular flexibility index (Phi) is 3.69. The van der Waals surface area contributed by atoms with Crippen LogP contribution in [0.25, 0.3) is 0 Å². The van der Waals surface area contributed by atoms with Gasteiger partial charge in [0.2, 0.25) is 0 Å². The second kappa shape index (κ2) is 5.11. The van der Waals surface area contributed by atoms with E-state index in [-0.39, 0.29) is 9.09 Å². The Hall–Kier alpha value is -1.71. The highest BCUT2D eigenvalue weighted by molar-refractivity contribution is 7.91. The van der Waals surface area contributed by atoms with Gasteiger partial charge >= 0.3 is 5.97 Å². The van der Waals surface area contributed by atoms with E-state index in [9.17, 15) is 13.2 Å². The predicted octanol–water partition coefficient (Wildman–Crippen LogP) is 1.21. The van der Waals surface area contributed by atoms with Gasteiger partial charge in [0.1, 0.15) is 9.09 Å². The third kappa shape index (κ3) is 3.00. The van der Waals surface area contributed by atoms with Crippen molar-refractivity contribution in [2.75, 3.05) is 0 Å². The summed E-state index contributed by atoms with van der Waals surface area (Å²) in [5, 5.41) is 15.1. The third-order valence-electron chi connectivity index (χ3n) is 2.41. The largest absolute Gasteiger partial charge is 0.477 e. The first-order valence-electron chi connectivity index (χ1n) is 5.24. The van der Waals surface area contributed by atoms with Crippen molar-refractivity contribution in [1.29, 1.82) is 0 Å². The van der Waals surface area contributed by atoms with Gasteiger partial charge in [0.25, 0.3) is 10.0 Å². The van der Waals surface area contributed by atoms with Crippen molar-refractivity contribution >= 4 is 27.3 Å². The molecule has 0 spiro atoms. The van der Waals surface area contributed by atoms with Crippen LogP contribution in [0.15, 0.2) is 28.7 Å². The minimum Gasteiger partial charge on any atom is -0.477 e. The second-order valence-electron chi connectivity index (χ2n) is 3.80. The van der Waals surface area contributed by atoms with E-state index < -0.39 is 22.0 Å². The van der Waals surface area contributed by atoms with Crippen molar-refractivity contribution in [2.24, 2.45) is 0 Å². The van der Waals surface area contributed by atoms with Crippen LogP contribution < -0.4 is 4.72 Å². The molecular formula is C10H11N3O4S2. The van der Waals surface area contributed by atoms with Crippen LogP contribution in [0.4, 0.5) is 0 Å². The number of hydrogen-bond acceptors (Lipinski definition) is 5. The molecule has 2 rings (SSSR count). The average Bonchev–Trinajstić information content (AvgIpc) is 3.00. The fourth-order valence-electron chi connectivity index (χ4n) is 1.44. The number of aromatic nitrogens is 2. The topological polar surface area (TPSA) is 112 Å². The highest BCUT2D eigenvalue weighted by Crippen LogP contribution is 2.23. The zero-order chi connectivity index (χ0) is 14.0. The van der Waals surface area contributed by atoms with Crippen molar-refractivity contribution in [3.8, 4) is 0 Å². The van der Waals surface area contributed by atoms with Crippen LogP contribution in [0.3, 0.4) is 0 Å². The number of carboxylic acids is 1. The molecule has 3 N–H and O–H groups in total. The predicted molar refractivity (Wildman–Crippen MR) is 68.6 cm³/mol. The molecule has 0 fully saturated rings. The summed E-state index contributed by atoms with van der Waals surface area (Å²) in [6.45, 7) is 1.67. The zero-order valence-electron chi connectivity index (χ0n) is 9.82. The van der Waals surface area contributed by atoms with Gasteiger partial charge in [0.15, 0.2) is 0 Å². The summed E-state index contributed by atoms with van der Waals surface area (Å²) in [4.78, 5) is 10.7. The van der Waals surface area contributed by atoms with Gasteiger partial charge in [-0.1, -0.05) is 0 Å². The lowest BCUT2D eigenvalue weighted by Crippen LogP contribution is -2.25. The number of carbonyl (C=O) groups is 1. The van der Waals surface area contributed by atoms with Gasteiger partial charge in [-0.05, 0) is 19.1 Å². The lowest BCUT2D eigenvalue weighted by atomic mass is 10.2. The molecule has 19 heavy (non-hydrogen) atoms. The zero-order valence-corrected chi connectivity index (χ0v) is 11.5. The maximum absolute atomic E-state index is 12.0. The second-order valence-corrected chi connectivity index (χ2v) is 6.82. The van der Waals surface area contributed by atoms with Crippen LogP contribution in [0, 0.1) is 0 Å². The lowest BCUT2D eigenvalue weighted by Gasteiger charge is -2.11. The van der Waals surface area contributed by atoms with Crippen molar-refractivity contribution in [2.45, 2.75) is 17.2 Å². The number of aromatic amines is 1. The van der Waals surface area contributed by atoms with Gasteiger partial charge in [-0.2, -0.15) is 5.10 Å². The number of sulfonamides is 1. The quantitative estimate of drug-likeness (QED) is 0.768. The third-order valence-corrected chi connectivity index (χ3v) is 5.51. The van der Waals surface area contributed by atoms with E-state index in [2.05, 4.69) is 14.9 Å². The van der Waals surface area contributed by atoms with Gasteiger partial charge in [0, 0.05) is 17.8 Å². The fourth-order valence-corrected chi connectivity index (χ4v) is 3.83. The molecule has 0 aliphatic heterocycles. The number of nitrogens with one attached hydrogen (secondary N) is 2. The Morgan fingerprint density at radius 1 is 1.53 bits per heavy atom. The van der Waals surface area contributed by atoms with Crippen molar-refractivity contribution in [3.63, 3.8) is 0 Å². The Morgan fingerprint density at radius 3 is 2.79 bits per heavy atom. The number of rotatable bonds is 5. The number of nitrogens with zero attached hydrogens (tertiary/aromatic N) is 1. The minimum absolute atomic E-state index is 0.0173. The molecule has 0 aliphatic carbocycles. The Balaban J connectivity index is 2.20. The summed E-state index contributed by atoms with van der Waals surface area (Å²) in [5.74, 6) is -1.14. The van der Waals surface area contributed by atoms with Crippen molar-refractivity contribution in [1.82, 2.24) is 14.9 Å². The number of carboxylic acid groups (broad SMARTS) is 1. The average molecular weight is 301 g/mol. The van der Waals surface area contributed by atoms with E-state index in [1.165, 1.54) is 18.3 Å². The van der Waals surface area contributed by atoms with Gasteiger partial charge in [0.05, 0.1) is 6.20 Å². The summed E-state index contributed by atoms with van der Waals surface area (Å²) >= 11 is 0.714. The van der Waals surface area contributed by atoms with Crippen LogP contribution >= 0.6 is 11.3 Å². The minimum atomic E-state index is -3.73. The van der Waals surface area contributed by atoms with E-state index in [4.69, 9.17) is 5.11 Å². The Labute approximate surface area is 113 Å². The molecule has 0 aromatic carbocycles. The van der Waals surface area contributed by atoms with E-state index in [0.717, 1.165) is 0 Å². The lowest BCUT2D eigenvalue weighted by molar-refractivity contribution is 0.0702. The monoisotopic (exact) mass is 301 g/mol. The molecule has 0 saturated carbocycles. The van der Waals surface area contributed by atoms with Gasteiger partial charge < -0.3 is 5.11 Å². The molecule has 0 saturated heterocycles. The molecule has 0 aliphatic rings. The Bertz CT molecular complexity index is 675. The maximum atomic E-state index is 12.0. The van der Waals surface area contributed by atoms with Crippen molar-refractivity contribution < 1.29 is 18.3 Å². The molecule has 0 bridgehead atoms. The van der Waals surface area contributed by atoms with Gasteiger partial charge in [-0.25, -0.2) is 17.9 Å². The van der Waals surface area contributed by atoms with Crippen LogP contribution in [0.1, 0.15) is 28.2 Å². The summed E-state index contributed by atoms with van der Waals surface area (Å²) in [7, 11) is -3.73. The number of aromatic carboxylic acids is 1. The molecule has 2 heterocycles. The first-order valence-corrected chi connectivity index (χ1v) is 7.54. The number of hydrogen-bond donors (Lipinski definition) is 3. The van der Waals surface area contributed by atoms with Crippen molar-refractivity contribution in [3.05, 3.63) is 35.0 Å². The highest BCUT2D eigenvalue weighted by Gasteiger charge is 2.22. The van der Waals surface area contributed by atoms with Crippen LogP contribution in [0.2, 0.25) is 0 Å². The van der Waals surface area contributed by atoms with E-state index >= 15 is 0 Å². The van der Waals surface area contributed by atoms with E-state index in [0.29, 0.717) is 16.9 Å². The number of H-pyrrole nitrogens is 1. The van der Waals surface area contributed by atoms with E-state index in [1.807, 2.05) is 0 Å². The molecule has 2 aromatic heterocycles. The summed E-state index contributed by atoms with van der Waals surface area (Å²) < 4.78 is 26.5. The first kappa shape index (κ1) is 13.7. The Morgan fingerprint density at radius 2 is 2.26 bits per heavy atom. The fraction of sp³-hybridized carbons (Fsp3) is 0.200. The maximum Gasteiger partial charge on any atom is 0.345 e. The molecular weight excluding hydrogens is 290 g/mol. The molecule has 7 nitrogen and oxygen atoms in total. The van der Waals surface area contributed by atoms with Gasteiger partial charge in [-0.3, -0.25) is 5.10 Å². The van der Waals surface area contributed by atoms with Gasteiger partial charge in [-0.15, -0.1) is 11.3 Å². The molecule has 9 heteroatoms. The number of thiophene rings is 1. The van der Waals surface area contributed by atoms with E-state index in [1.54, 1.807) is 13.1 Å². The summed E-state index contributed by atoms with van der Waals surface area (Å²) in [6.07, 6.45) is 3.11. The molecule has 1 atom stereocenters. The van der Waals surface area contributed by atoms with Crippen LogP contribution in [0.5, 0.6) is 0 Å². The van der Waals surface area contributed by atoms with Crippen LogP contribution in [-0.2, 0) is 10.0 Å². The first-order chi connectivity index (χ1) is 8.90. The molecule has 0 amide bonds. The molecule has 102 valence electrons. The standard InChI is InChI=1S/C10H11N3O4S2/c1-6(7-4-11-12-5-7)13-19(16,17)9-3-2-8(18-9)10(14)15/h2-6,13H,1H3,(H,11,12)(H,14,15). The summed E-state index contributed by atoms with van der Waals surface area (Å²) in [5.41, 5.74) is 0.693. The summed E-state index contributed by atoms with van der Waals surface area (Å²) in [6, 6.07) is 2.09.